The summed E-state index contributed by atoms with van der Waals surface area (Å²) in [5.74, 6) is -0.133. The second kappa shape index (κ2) is 15.3. The van der Waals surface area contributed by atoms with Gasteiger partial charge in [-0.3, -0.25) is 9.78 Å². The number of pyridine rings is 1. The molecule has 1 aromatic heterocycles. The van der Waals surface area contributed by atoms with E-state index >= 15 is 0 Å². The van der Waals surface area contributed by atoms with Crippen molar-refractivity contribution in [1.29, 1.82) is 0 Å². The van der Waals surface area contributed by atoms with Crippen LogP contribution in [0.15, 0.2) is 12.3 Å². The first kappa shape index (κ1) is 29.4. The Labute approximate surface area is 197 Å². The Morgan fingerprint density at radius 1 is 1.27 bits per heavy atom. The monoisotopic (exact) mass is 473 g/mol. The molecule has 1 aromatic rings. The number of rotatable bonds is 6. The highest BCUT2D eigenvalue weighted by atomic mass is 19.4. The normalized spacial score (nSPS) is 17.2. The summed E-state index contributed by atoms with van der Waals surface area (Å²) in [5, 5.41) is 3.51. The van der Waals surface area contributed by atoms with Crippen LogP contribution in [0.2, 0.25) is 0 Å². The van der Waals surface area contributed by atoms with Crippen molar-refractivity contribution in [2.24, 2.45) is 5.92 Å². The van der Waals surface area contributed by atoms with Gasteiger partial charge in [-0.2, -0.15) is 13.2 Å². The van der Waals surface area contributed by atoms with Gasteiger partial charge in [-0.15, -0.1) is 0 Å². The lowest BCUT2D eigenvalue weighted by molar-refractivity contribution is -0.137. The van der Waals surface area contributed by atoms with Gasteiger partial charge < -0.3 is 15.0 Å². The molecule has 33 heavy (non-hydrogen) atoms. The minimum absolute atomic E-state index is 0.00845. The Morgan fingerprint density at radius 3 is 2.52 bits per heavy atom. The summed E-state index contributed by atoms with van der Waals surface area (Å²) in [5.41, 5.74) is 0.404. The number of ether oxygens (including phenoxy) is 1. The number of amides is 1. The van der Waals surface area contributed by atoms with E-state index in [9.17, 15) is 18.0 Å². The minimum Gasteiger partial charge on any atom is -0.381 e. The SMILES string of the molecule is CC.CCC.C[C@H](CCCNC1CCOCC1)C(=O)N1CCc2ncc(C(F)(F)F)cc2C1. The summed E-state index contributed by atoms with van der Waals surface area (Å²) in [6.07, 6.45) is 1.92. The molecule has 8 heteroatoms. The molecule has 3 heterocycles. The molecule has 2 aliphatic heterocycles. The minimum atomic E-state index is -4.42. The molecule has 5 nitrogen and oxygen atoms in total. The van der Waals surface area contributed by atoms with Gasteiger partial charge in [0.25, 0.3) is 0 Å². The average molecular weight is 474 g/mol. The Bertz CT molecular complexity index is 692. The molecule has 0 aromatic carbocycles. The third-order valence-corrected chi connectivity index (χ3v) is 5.57. The predicted molar refractivity (Wildman–Crippen MR) is 126 cm³/mol. The Kier molecular flexibility index (Phi) is 13.6. The van der Waals surface area contributed by atoms with Crippen LogP contribution in [-0.4, -0.2) is 48.1 Å². The van der Waals surface area contributed by atoms with Gasteiger partial charge in [0, 0.05) is 56.6 Å². The number of carbonyl (C=O) groups excluding carboxylic acids is 1. The molecular formula is C25H42F3N3O2. The fraction of sp³-hybridized carbons (Fsp3) is 0.760. The first-order valence-corrected chi connectivity index (χ1v) is 12.4. The van der Waals surface area contributed by atoms with E-state index in [1.165, 1.54) is 6.42 Å². The zero-order chi connectivity index (χ0) is 24.9. The van der Waals surface area contributed by atoms with Crippen molar-refractivity contribution in [1.82, 2.24) is 15.2 Å². The van der Waals surface area contributed by atoms with Gasteiger partial charge in [-0.05, 0) is 43.9 Å². The maximum atomic E-state index is 12.9. The molecule has 0 aliphatic carbocycles. The van der Waals surface area contributed by atoms with Gasteiger partial charge in [0.05, 0.1) is 5.56 Å². The first-order chi connectivity index (χ1) is 15.8. The van der Waals surface area contributed by atoms with Crippen LogP contribution in [0.1, 0.15) is 83.5 Å². The van der Waals surface area contributed by atoms with Gasteiger partial charge in [0.15, 0.2) is 0 Å². The number of hydrogen-bond donors (Lipinski definition) is 1. The third-order valence-electron chi connectivity index (χ3n) is 5.57. The fourth-order valence-electron chi connectivity index (χ4n) is 3.82. The second-order valence-electron chi connectivity index (χ2n) is 8.43. The fourth-order valence-corrected chi connectivity index (χ4v) is 3.82. The Hall–Kier alpha value is -1.67. The van der Waals surface area contributed by atoms with E-state index < -0.39 is 11.7 Å². The molecule has 3 rings (SSSR count). The topological polar surface area (TPSA) is 54.5 Å². The van der Waals surface area contributed by atoms with E-state index in [1.54, 1.807) is 4.90 Å². The van der Waals surface area contributed by atoms with Crippen LogP contribution >= 0.6 is 0 Å². The number of hydrogen-bond acceptors (Lipinski definition) is 4. The lowest BCUT2D eigenvalue weighted by Gasteiger charge is -2.31. The van der Waals surface area contributed by atoms with E-state index in [0.29, 0.717) is 30.3 Å². The lowest BCUT2D eigenvalue weighted by Crippen LogP contribution is -2.40. The van der Waals surface area contributed by atoms with E-state index in [-0.39, 0.29) is 18.4 Å². The van der Waals surface area contributed by atoms with Crippen LogP contribution in [0.3, 0.4) is 0 Å². The van der Waals surface area contributed by atoms with Crippen molar-refractivity contribution in [3.8, 4) is 0 Å². The molecule has 0 unspecified atom stereocenters. The van der Waals surface area contributed by atoms with Crippen LogP contribution in [0.25, 0.3) is 0 Å². The molecule has 1 amide bonds. The highest BCUT2D eigenvalue weighted by molar-refractivity contribution is 5.78. The summed E-state index contributed by atoms with van der Waals surface area (Å²) < 4.78 is 44.1. The maximum Gasteiger partial charge on any atom is 0.417 e. The number of halogens is 3. The number of carbonyl (C=O) groups is 1. The number of aromatic nitrogens is 1. The van der Waals surface area contributed by atoms with Crippen LogP contribution in [0, 0.1) is 5.92 Å². The largest absolute Gasteiger partial charge is 0.417 e. The summed E-state index contributed by atoms with van der Waals surface area (Å²) in [4.78, 5) is 18.4. The molecule has 2 aliphatic rings. The number of fused-ring (bicyclic) bond motifs is 1. The summed E-state index contributed by atoms with van der Waals surface area (Å²) in [6.45, 7) is 13.3. The first-order valence-electron chi connectivity index (χ1n) is 12.4. The predicted octanol–water partition coefficient (Wildman–Crippen LogP) is 5.61. The molecule has 190 valence electrons. The van der Waals surface area contributed by atoms with Crippen molar-refractivity contribution in [3.05, 3.63) is 29.1 Å². The molecule has 1 N–H and O–H groups in total. The van der Waals surface area contributed by atoms with Crippen LogP contribution in [0.5, 0.6) is 0 Å². The van der Waals surface area contributed by atoms with Crippen LogP contribution in [-0.2, 0) is 28.7 Å². The molecular weight excluding hydrogens is 431 g/mol. The van der Waals surface area contributed by atoms with E-state index in [0.717, 1.165) is 57.7 Å². The summed E-state index contributed by atoms with van der Waals surface area (Å²) in [6, 6.07) is 1.62. The molecule has 0 spiro atoms. The van der Waals surface area contributed by atoms with Gasteiger partial charge in [0.2, 0.25) is 5.91 Å². The Balaban J connectivity index is 0.00000101. The molecule has 0 bridgehead atoms. The number of alkyl halides is 3. The smallest absolute Gasteiger partial charge is 0.381 e. The van der Waals surface area contributed by atoms with E-state index in [2.05, 4.69) is 24.1 Å². The summed E-state index contributed by atoms with van der Waals surface area (Å²) in [7, 11) is 0. The standard InChI is InChI=1S/C20H28F3N3O2.C3H8.C2H6/c1-14(3-2-7-24-17-5-9-28-10-6-17)19(27)26-8-4-18-15(13-26)11-16(12-25-18)20(21,22)23;1-3-2;1-2/h11-12,14,17,24H,2-10,13H2,1H3;3H2,1-2H3;1-2H3/t14-;;/m1../s1. The van der Waals surface area contributed by atoms with Crippen molar-refractivity contribution in [2.75, 3.05) is 26.3 Å². The maximum absolute atomic E-state index is 12.9. The van der Waals surface area contributed by atoms with E-state index in [4.69, 9.17) is 4.74 Å². The van der Waals surface area contributed by atoms with Crippen molar-refractivity contribution >= 4 is 5.91 Å². The quantitative estimate of drug-likeness (QED) is 0.546. The van der Waals surface area contributed by atoms with Gasteiger partial charge >= 0.3 is 6.18 Å². The molecule has 1 saturated heterocycles. The highest BCUT2D eigenvalue weighted by Gasteiger charge is 2.33. The summed E-state index contributed by atoms with van der Waals surface area (Å²) >= 11 is 0. The van der Waals surface area contributed by atoms with E-state index in [1.807, 2.05) is 20.8 Å². The van der Waals surface area contributed by atoms with Gasteiger partial charge in [-0.25, -0.2) is 0 Å². The molecule has 0 radical (unpaired) electrons. The average Bonchev–Trinajstić information content (AvgIpc) is 2.82. The van der Waals surface area contributed by atoms with Crippen LogP contribution in [0.4, 0.5) is 13.2 Å². The number of nitrogens with one attached hydrogen (secondary N) is 1. The lowest BCUT2D eigenvalue weighted by atomic mass is 9.99. The molecule has 0 saturated carbocycles. The van der Waals surface area contributed by atoms with Gasteiger partial charge in [0.1, 0.15) is 0 Å². The zero-order valence-electron chi connectivity index (χ0n) is 20.9. The molecule has 1 fully saturated rings. The van der Waals surface area contributed by atoms with Gasteiger partial charge in [-0.1, -0.05) is 41.0 Å². The van der Waals surface area contributed by atoms with Crippen molar-refractivity contribution in [2.45, 2.75) is 91.9 Å². The number of nitrogens with zero attached hydrogens (tertiary/aromatic N) is 2. The van der Waals surface area contributed by atoms with Crippen molar-refractivity contribution in [3.63, 3.8) is 0 Å². The Morgan fingerprint density at radius 2 is 1.91 bits per heavy atom. The van der Waals surface area contributed by atoms with Crippen LogP contribution < -0.4 is 5.32 Å². The highest BCUT2D eigenvalue weighted by Crippen LogP contribution is 2.31. The second-order valence-corrected chi connectivity index (χ2v) is 8.43. The molecule has 1 atom stereocenters. The van der Waals surface area contributed by atoms with Crippen molar-refractivity contribution < 1.29 is 22.7 Å². The zero-order valence-corrected chi connectivity index (χ0v) is 20.9. The third kappa shape index (κ3) is 10.0.